The number of esters is 1. The number of carbonyl (C=O) groups excluding carboxylic acids is 1. The first-order valence-corrected chi connectivity index (χ1v) is 4.33. The summed E-state index contributed by atoms with van der Waals surface area (Å²) in [6.07, 6.45) is 0. The van der Waals surface area contributed by atoms with E-state index >= 15 is 0 Å². The third kappa shape index (κ3) is 5.70. The fraction of sp³-hybridized carbons (Fsp3) is 0.600. The molecule has 0 bridgehead atoms. The number of ether oxygens (including phenoxy) is 1. The van der Waals surface area contributed by atoms with Crippen LogP contribution in [-0.4, -0.2) is 28.2 Å². The average Bonchev–Trinajstić information content (AvgIpc) is 1.97. The molecule has 0 saturated carbocycles. The average molecular weight is 213 g/mol. The normalized spacial score (nSPS) is 14.5. The monoisotopic (exact) mass is 213 g/mol. The molecule has 0 fully saturated rings. The van der Waals surface area contributed by atoms with Gasteiger partial charge in [0.2, 0.25) is 0 Å². The molecular formula is C10H15NO4. The summed E-state index contributed by atoms with van der Waals surface area (Å²) in [5.41, 5.74) is 2.90. The van der Waals surface area contributed by atoms with Crippen molar-refractivity contribution >= 4 is 11.9 Å². The van der Waals surface area contributed by atoms with E-state index in [1.807, 2.05) is 5.92 Å². The predicted octanol–water partition coefficient (Wildman–Crippen LogP) is 0.133. The van der Waals surface area contributed by atoms with Gasteiger partial charge in [-0.1, -0.05) is 5.92 Å². The summed E-state index contributed by atoms with van der Waals surface area (Å²) in [5, 5.41) is 8.61. The summed E-state index contributed by atoms with van der Waals surface area (Å²) >= 11 is 0. The molecule has 1 unspecified atom stereocenters. The van der Waals surface area contributed by atoms with Crippen LogP contribution in [-0.2, 0) is 14.3 Å². The fourth-order valence-corrected chi connectivity index (χ4v) is 0.538. The zero-order valence-electron chi connectivity index (χ0n) is 9.25. The van der Waals surface area contributed by atoms with E-state index in [4.69, 9.17) is 15.6 Å². The molecule has 0 aliphatic heterocycles. The van der Waals surface area contributed by atoms with Crippen molar-refractivity contribution in [3.63, 3.8) is 0 Å². The molecule has 84 valence electrons. The van der Waals surface area contributed by atoms with E-state index in [0.717, 1.165) is 0 Å². The predicted molar refractivity (Wildman–Crippen MR) is 53.8 cm³/mol. The van der Waals surface area contributed by atoms with E-state index in [9.17, 15) is 9.59 Å². The Labute approximate surface area is 88.6 Å². The van der Waals surface area contributed by atoms with Gasteiger partial charge in [0.15, 0.2) is 5.54 Å². The number of rotatable bonds is 1. The van der Waals surface area contributed by atoms with Crippen LogP contribution in [0.2, 0.25) is 0 Å². The number of carboxylic acids is 1. The highest BCUT2D eigenvalue weighted by molar-refractivity contribution is 5.91. The Kier molecular flexibility index (Phi) is 3.88. The number of carboxylic acid groups (broad SMARTS) is 1. The number of hydrogen-bond donors (Lipinski definition) is 2. The first-order valence-electron chi connectivity index (χ1n) is 4.33. The van der Waals surface area contributed by atoms with Gasteiger partial charge in [-0.05, 0) is 27.7 Å². The van der Waals surface area contributed by atoms with Gasteiger partial charge in [-0.3, -0.25) is 0 Å². The number of aliphatic carboxylic acids is 1. The minimum atomic E-state index is -1.74. The summed E-state index contributed by atoms with van der Waals surface area (Å²) < 4.78 is 4.85. The third-order valence-corrected chi connectivity index (χ3v) is 1.27. The minimum Gasteiger partial charge on any atom is -0.479 e. The molecule has 0 heterocycles. The maximum Gasteiger partial charge on any atom is 0.384 e. The second-order valence-electron chi connectivity index (χ2n) is 4.26. The van der Waals surface area contributed by atoms with Crippen LogP contribution in [0.3, 0.4) is 0 Å². The van der Waals surface area contributed by atoms with Crippen LogP contribution in [0.15, 0.2) is 0 Å². The van der Waals surface area contributed by atoms with E-state index in [0.29, 0.717) is 0 Å². The highest BCUT2D eigenvalue weighted by Crippen LogP contribution is 2.06. The number of carbonyl (C=O) groups is 2. The molecule has 5 heteroatoms. The number of nitrogens with two attached hydrogens (primary N) is 1. The molecule has 0 radical (unpaired) electrons. The summed E-state index contributed by atoms with van der Waals surface area (Å²) in [6.45, 7) is 6.26. The molecule has 0 rings (SSSR count). The summed E-state index contributed by atoms with van der Waals surface area (Å²) in [7, 11) is 0. The lowest BCUT2D eigenvalue weighted by atomic mass is 10.1. The largest absolute Gasteiger partial charge is 0.479 e. The molecule has 0 aliphatic rings. The molecule has 1 atom stereocenters. The lowest BCUT2D eigenvalue weighted by Gasteiger charge is -2.17. The molecule has 3 N–H and O–H groups in total. The van der Waals surface area contributed by atoms with Crippen LogP contribution in [0.5, 0.6) is 0 Å². The molecule has 5 nitrogen and oxygen atoms in total. The van der Waals surface area contributed by atoms with E-state index in [1.54, 1.807) is 20.8 Å². The van der Waals surface area contributed by atoms with Crippen molar-refractivity contribution in [3.8, 4) is 11.8 Å². The summed E-state index contributed by atoms with van der Waals surface area (Å²) in [6, 6.07) is 0. The van der Waals surface area contributed by atoms with Crippen LogP contribution in [0.25, 0.3) is 0 Å². The Morgan fingerprint density at radius 2 is 1.73 bits per heavy atom. The quantitative estimate of drug-likeness (QED) is 0.367. The topological polar surface area (TPSA) is 89.6 Å². The fourth-order valence-electron chi connectivity index (χ4n) is 0.538. The SMILES string of the molecule is CC(C)(C)OC(=O)C#CC(C)(N)C(=O)O. The molecule has 0 aromatic rings. The van der Waals surface area contributed by atoms with Crippen LogP contribution in [0, 0.1) is 11.8 Å². The Morgan fingerprint density at radius 1 is 1.27 bits per heavy atom. The molecule has 0 amide bonds. The molecule has 0 saturated heterocycles. The Morgan fingerprint density at radius 3 is 2.07 bits per heavy atom. The van der Waals surface area contributed by atoms with Crippen LogP contribution >= 0.6 is 0 Å². The van der Waals surface area contributed by atoms with E-state index < -0.39 is 23.1 Å². The van der Waals surface area contributed by atoms with Crippen molar-refractivity contribution in [1.29, 1.82) is 0 Å². The third-order valence-electron chi connectivity index (χ3n) is 1.27. The molecule has 15 heavy (non-hydrogen) atoms. The van der Waals surface area contributed by atoms with E-state index in [1.165, 1.54) is 6.92 Å². The van der Waals surface area contributed by atoms with Crippen molar-refractivity contribution in [2.75, 3.05) is 0 Å². The van der Waals surface area contributed by atoms with E-state index in [2.05, 4.69) is 5.92 Å². The molecule has 0 aliphatic carbocycles. The van der Waals surface area contributed by atoms with E-state index in [-0.39, 0.29) is 0 Å². The second-order valence-corrected chi connectivity index (χ2v) is 4.26. The number of hydrogen-bond acceptors (Lipinski definition) is 4. The highest BCUT2D eigenvalue weighted by atomic mass is 16.6. The summed E-state index contributed by atoms with van der Waals surface area (Å²) in [4.78, 5) is 21.6. The van der Waals surface area contributed by atoms with Crippen molar-refractivity contribution in [2.24, 2.45) is 5.73 Å². The first kappa shape index (κ1) is 13.5. The van der Waals surface area contributed by atoms with Crippen molar-refractivity contribution in [3.05, 3.63) is 0 Å². The van der Waals surface area contributed by atoms with Gasteiger partial charge in [0.25, 0.3) is 0 Å². The zero-order chi connectivity index (χ0) is 12.3. The lowest BCUT2D eigenvalue weighted by Crippen LogP contribution is -2.43. The lowest BCUT2D eigenvalue weighted by molar-refractivity contribution is -0.147. The maximum atomic E-state index is 11.1. The zero-order valence-corrected chi connectivity index (χ0v) is 9.25. The molecule has 0 spiro atoms. The van der Waals surface area contributed by atoms with Crippen LogP contribution < -0.4 is 5.73 Å². The Bertz CT molecular complexity index is 328. The van der Waals surface area contributed by atoms with Gasteiger partial charge in [0, 0.05) is 5.92 Å². The first-order chi connectivity index (χ1) is 6.54. The van der Waals surface area contributed by atoms with Crippen LogP contribution in [0.4, 0.5) is 0 Å². The van der Waals surface area contributed by atoms with Gasteiger partial charge >= 0.3 is 11.9 Å². The summed E-state index contributed by atoms with van der Waals surface area (Å²) in [5.74, 6) is 2.09. The van der Waals surface area contributed by atoms with Gasteiger partial charge in [-0.2, -0.15) is 0 Å². The van der Waals surface area contributed by atoms with Crippen molar-refractivity contribution < 1.29 is 19.4 Å². The molecule has 0 aromatic heterocycles. The standard InChI is InChI=1S/C10H15NO4/c1-9(2,3)15-7(12)5-6-10(4,11)8(13)14/h11H2,1-4H3,(H,13,14). The second kappa shape index (κ2) is 4.32. The van der Waals surface area contributed by atoms with Gasteiger partial charge in [-0.15, -0.1) is 0 Å². The van der Waals surface area contributed by atoms with Gasteiger partial charge in [0.1, 0.15) is 5.60 Å². The van der Waals surface area contributed by atoms with Crippen molar-refractivity contribution in [1.82, 2.24) is 0 Å². The van der Waals surface area contributed by atoms with Gasteiger partial charge in [0.05, 0.1) is 0 Å². The molecular weight excluding hydrogens is 198 g/mol. The van der Waals surface area contributed by atoms with Gasteiger partial charge < -0.3 is 15.6 Å². The molecule has 0 aromatic carbocycles. The minimum absolute atomic E-state index is 0.653. The van der Waals surface area contributed by atoms with Gasteiger partial charge in [-0.25, -0.2) is 9.59 Å². The van der Waals surface area contributed by atoms with Crippen molar-refractivity contribution in [2.45, 2.75) is 38.8 Å². The maximum absolute atomic E-state index is 11.1. The van der Waals surface area contributed by atoms with Crippen LogP contribution in [0.1, 0.15) is 27.7 Å². The smallest absolute Gasteiger partial charge is 0.384 e. The Balaban J connectivity index is 4.56. The highest BCUT2D eigenvalue weighted by Gasteiger charge is 2.25. The Hall–Kier alpha value is -1.54.